The Hall–Kier alpha value is -3.68. The van der Waals surface area contributed by atoms with Gasteiger partial charge >= 0.3 is 0 Å². The third-order valence-corrected chi connectivity index (χ3v) is 4.37. The number of nitrogens with one attached hydrogen (secondary N) is 4. The molecular formula is C26H34N4O4. The minimum Gasteiger partial charge on any atom is -0.347 e. The minimum absolute atomic E-state index is 0.0333. The molecule has 0 unspecified atom stereocenters. The van der Waals surface area contributed by atoms with Crippen molar-refractivity contribution in [2.75, 3.05) is 10.6 Å². The number of amides is 4. The highest BCUT2D eigenvalue weighted by atomic mass is 16.2. The lowest BCUT2D eigenvalue weighted by atomic mass is 10.1. The molecule has 8 nitrogen and oxygen atoms in total. The first-order valence-electron chi connectivity index (χ1n) is 11.2. The lowest BCUT2D eigenvalue weighted by molar-refractivity contribution is -0.121. The fraction of sp³-hybridized carbons (Fsp3) is 0.385. The Morgan fingerprint density at radius 3 is 1.29 bits per heavy atom. The third kappa shape index (κ3) is 9.44. The predicted octanol–water partition coefficient (Wildman–Crippen LogP) is 4.10. The molecule has 0 bridgehead atoms. The van der Waals surface area contributed by atoms with Crippen molar-refractivity contribution >= 4 is 35.0 Å². The second-order valence-corrected chi connectivity index (χ2v) is 10.2. The van der Waals surface area contributed by atoms with E-state index in [1.165, 1.54) is 0 Å². The summed E-state index contributed by atoms with van der Waals surface area (Å²) in [5, 5.41) is 11.2. The lowest BCUT2D eigenvalue weighted by Crippen LogP contribution is -2.40. The molecule has 8 heteroatoms. The van der Waals surface area contributed by atoms with Crippen LogP contribution in [0.3, 0.4) is 0 Å². The van der Waals surface area contributed by atoms with Gasteiger partial charge in [-0.2, -0.15) is 0 Å². The van der Waals surface area contributed by atoms with Crippen LogP contribution in [0.1, 0.15) is 75.1 Å². The molecule has 4 N–H and O–H groups in total. The van der Waals surface area contributed by atoms with Gasteiger partial charge in [-0.1, -0.05) is 12.1 Å². The maximum absolute atomic E-state index is 12.3. The molecule has 0 aliphatic rings. The van der Waals surface area contributed by atoms with Gasteiger partial charge < -0.3 is 21.3 Å². The number of anilines is 2. The summed E-state index contributed by atoms with van der Waals surface area (Å²) in [5.74, 6) is -1.16. The van der Waals surface area contributed by atoms with E-state index in [0.717, 1.165) is 0 Å². The molecule has 0 spiro atoms. The van der Waals surface area contributed by atoms with Gasteiger partial charge in [0.1, 0.15) is 0 Å². The predicted molar refractivity (Wildman–Crippen MR) is 134 cm³/mol. The largest absolute Gasteiger partial charge is 0.347 e. The Bertz CT molecular complexity index is 979. The van der Waals surface area contributed by atoms with Crippen LogP contribution in [0.2, 0.25) is 0 Å². The van der Waals surface area contributed by atoms with Crippen LogP contribution in [0, 0.1) is 0 Å². The van der Waals surface area contributed by atoms with Crippen molar-refractivity contribution in [2.24, 2.45) is 0 Å². The third-order valence-electron chi connectivity index (χ3n) is 4.37. The Kier molecular flexibility index (Phi) is 8.57. The molecule has 0 fully saturated rings. The van der Waals surface area contributed by atoms with E-state index < -0.39 is 0 Å². The Labute approximate surface area is 200 Å². The average Bonchev–Trinajstić information content (AvgIpc) is 2.70. The molecule has 0 aromatic heterocycles. The summed E-state index contributed by atoms with van der Waals surface area (Å²) >= 11 is 0. The maximum atomic E-state index is 12.3. The van der Waals surface area contributed by atoms with Crippen molar-refractivity contribution in [2.45, 2.75) is 65.5 Å². The van der Waals surface area contributed by atoms with Crippen molar-refractivity contribution in [3.8, 4) is 0 Å². The quantitative estimate of drug-likeness (QED) is 0.491. The van der Waals surface area contributed by atoms with Gasteiger partial charge in [0.25, 0.3) is 11.8 Å². The number of carbonyl (C=O) groups is 4. The number of hydrogen-bond acceptors (Lipinski definition) is 4. The van der Waals surface area contributed by atoms with E-state index in [1.54, 1.807) is 48.5 Å². The summed E-state index contributed by atoms with van der Waals surface area (Å²) in [6, 6.07) is 13.2. The lowest BCUT2D eigenvalue weighted by Gasteiger charge is -2.20. The van der Waals surface area contributed by atoms with Crippen LogP contribution < -0.4 is 21.3 Å². The molecule has 182 valence electrons. The van der Waals surface area contributed by atoms with Crippen molar-refractivity contribution in [1.29, 1.82) is 0 Å². The van der Waals surface area contributed by atoms with Gasteiger partial charge in [0.05, 0.1) is 0 Å². The highest BCUT2D eigenvalue weighted by Crippen LogP contribution is 2.15. The zero-order valence-corrected chi connectivity index (χ0v) is 20.7. The Morgan fingerprint density at radius 2 is 0.971 bits per heavy atom. The molecule has 0 radical (unpaired) electrons. The molecule has 0 atom stereocenters. The molecule has 0 aliphatic carbocycles. The second kappa shape index (κ2) is 11.0. The molecule has 2 rings (SSSR count). The van der Waals surface area contributed by atoms with E-state index >= 15 is 0 Å². The maximum Gasteiger partial charge on any atom is 0.251 e. The number of benzene rings is 2. The van der Waals surface area contributed by atoms with Crippen molar-refractivity contribution in [1.82, 2.24) is 10.6 Å². The van der Waals surface area contributed by atoms with E-state index in [0.29, 0.717) is 22.5 Å². The normalized spacial score (nSPS) is 11.4. The van der Waals surface area contributed by atoms with Crippen LogP contribution in [0.4, 0.5) is 11.4 Å². The fourth-order valence-electron chi connectivity index (χ4n) is 2.98. The average molecular weight is 467 g/mol. The van der Waals surface area contributed by atoms with Crippen LogP contribution in [0.5, 0.6) is 0 Å². The summed E-state index contributed by atoms with van der Waals surface area (Å²) in [6.07, 6.45) is -0.0666. The van der Waals surface area contributed by atoms with Gasteiger partial charge in [-0.25, -0.2) is 0 Å². The van der Waals surface area contributed by atoms with Gasteiger partial charge in [-0.3, -0.25) is 19.2 Å². The number of hydrogen-bond donors (Lipinski definition) is 4. The monoisotopic (exact) mass is 466 g/mol. The highest BCUT2D eigenvalue weighted by Gasteiger charge is 2.17. The molecule has 0 saturated heterocycles. The molecule has 2 aromatic carbocycles. The first-order chi connectivity index (χ1) is 15.7. The van der Waals surface area contributed by atoms with Crippen LogP contribution in [0.15, 0.2) is 48.5 Å². The molecular weight excluding hydrogens is 432 g/mol. The highest BCUT2D eigenvalue weighted by molar-refractivity contribution is 6.00. The van der Waals surface area contributed by atoms with Crippen molar-refractivity contribution < 1.29 is 19.2 Å². The summed E-state index contributed by atoms with van der Waals surface area (Å²) in [6.45, 7) is 11.3. The molecule has 2 aromatic rings. The molecule has 0 saturated carbocycles. The van der Waals surface area contributed by atoms with Crippen LogP contribution in [-0.4, -0.2) is 34.7 Å². The van der Waals surface area contributed by atoms with Gasteiger partial charge in [-0.05, 0) is 77.9 Å². The summed E-state index contributed by atoms with van der Waals surface area (Å²) in [7, 11) is 0. The molecule has 4 amide bonds. The van der Waals surface area contributed by atoms with Crippen LogP contribution in [0.25, 0.3) is 0 Å². The first-order valence-corrected chi connectivity index (χ1v) is 11.2. The van der Waals surface area contributed by atoms with Crippen molar-refractivity contribution in [3.63, 3.8) is 0 Å². The van der Waals surface area contributed by atoms with E-state index in [4.69, 9.17) is 0 Å². The number of rotatable bonds is 7. The Balaban J connectivity index is 1.89. The molecule has 34 heavy (non-hydrogen) atoms. The van der Waals surface area contributed by atoms with E-state index in [-0.39, 0.29) is 47.5 Å². The SMILES string of the molecule is CC(C)(C)NC(=O)c1cccc(NC(=O)CCC(=O)Nc2cccc(C(=O)NC(C)(C)C)c2)c1. The smallest absolute Gasteiger partial charge is 0.251 e. The molecule has 0 heterocycles. The van der Waals surface area contributed by atoms with E-state index in [9.17, 15) is 19.2 Å². The summed E-state index contributed by atoms with van der Waals surface area (Å²) < 4.78 is 0. The second-order valence-electron chi connectivity index (χ2n) is 10.2. The number of carbonyl (C=O) groups excluding carboxylic acids is 4. The van der Waals surface area contributed by atoms with E-state index in [1.807, 2.05) is 41.5 Å². The van der Waals surface area contributed by atoms with E-state index in [2.05, 4.69) is 21.3 Å². The standard InChI is InChI=1S/C26H34N4O4/c1-25(2,3)29-23(33)17-9-7-11-19(15-17)27-21(31)13-14-22(32)28-20-12-8-10-18(16-20)24(34)30-26(4,5)6/h7-12,15-16H,13-14H2,1-6H3,(H,27,31)(H,28,32)(H,29,33)(H,30,34). The van der Waals surface area contributed by atoms with Gasteiger partial charge in [0.2, 0.25) is 11.8 Å². The summed E-state index contributed by atoms with van der Waals surface area (Å²) in [4.78, 5) is 49.3. The van der Waals surface area contributed by atoms with Crippen LogP contribution in [-0.2, 0) is 9.59 Å². The molecule has 0 aliphatic heterocycles. The van der Waals surface area contributed by atoms with Crippen LogP contribution >= 0.6 is 0 Å². The first kappa shape index (κ1) is 26.6. The van der Waals surface area contributed by atoms with Gasteiger partial charge in [-0.15, -0.1) is 0 Å². The van der Waals surface area contributed by atoms with Gasteiger partial charge in [0, 0.05) is 46.4 Å². The Morgan fingerprint density at radius 1 is 0.618 bits per heavy atom. The zero-order valence-electron chi connectivity index (χ0n) is 20.7. The summed E-state index contributed by atoms with van der Waals surface area (Å²) in [5.41, 5.74) is 1.06. The topological polar surface area (TPSA) is 116 Å². The zero-order chi connectivity index (χ0) is 25.5. The van der Waals surface area contributed by atoms with Gasteiger partial charge in [0.15, 0.2) is 0 Å². The minimum atomic E-state index is -0.375. The fourth-order valence-corrected chi connectivity index (χ4v) is 2.98. The van der Waals surface area contributed by atoms with Crippen molar-refractivity contribution in [3.05, 3.63) is 59.7 Å².